The zero-order valence-corrected chi connectivity index (χ0v) is 14.3. The summed E-state index contributed by atoms with van der Waals surface area (Å²) in [7, 11) is 26.2. The van der Waals surface area contributed by atoms with Crippen LogP contribution in [-0.4, -0.2) is 84.9 Å². The summed E-state index contributed by atoms with van der Waals surface area (Å²) in [5.41, 5.74) is 0. The summed E-state index contributed by atoms with van der Waals surface area (Å²) in [6, 6.07) is 0. The largest absolute Gasteiger partial charge is 0.465 e. The first-order valence-corrected chi connectivity index (χ1v) is 14.2. The summed E-state index contributed by atoms with van der Waals surface area (Å²) < 4.78 is 16.1. The normalized spacial score (nSPS) is 17.6. The second-order valence-electron chi connectivity index (χ2n) is 4.43. The van der Waals surface area contributed by atoms with Crippen LogP contribution in [0.3, 0.4) is 0 Å². The molecule has 14 heteroatoms. The molecule has 0 heterocycles. The molecular weight excluding hydrogens is 272 g/mol. The smallest absolute Gasteiger partial charge is 0.310 e. The molecule has 0 N–H and O–H groups in total. The van der Waals surface area contributed by atoms with Crippen molar-refractivity contribution in [2.24, 2.45) is 0 Å². The van der Waals surface area contributed by atoms with Crippen molar-refractivity contribution < 1.29 is 12.3 Å². The summed E-state index contributed by atoms with van der Waals surface area (Å²) in [6.45, 7) is 4.93. The van der Waals surface area contributed by atoms with Gasteiger partial charge in [0.05, 0.1) is 44.6 Å². The van der Waals surface area contributed by atoms with Crippen LogP contribution in [0.25, 0.3) is 0 Å². The maximum atomic E-state index is 5.84. The van der Waals surface area contributed by atoms with Gasteiger partial charge < -0.3 is 12.3 Å². The average Bonchev–Trinajstić information content (AvgIpc) is 1.65. The number of hydrogen-bond acceptors (Lipinski definition) is 3. The van der Waals surface area contributed by atoms with Crippen molar-refractivity contribution in [1.29, 1.82) is 0 Å². The van der Waals surface area contributed by atoms with Gasteiger partial charge in [-0.15, -0.1) is 0 Å². The fourth-order valence-electron chi connectivity index (χ4n) is 1.31. The second-order valence-corrected chi connectivity index (χ2v) is 15.1. The maximum absolute atomic E-state index is 5.84. The first-order chi connectivity index (χ1) is 7.12. The molecule has 0 fully saturated rings. The van der Waals surface area contributed by atoms with Gasteiger partial charge in [0.25, 0.3) is 8.43 Å². The van der Waals surface area contributed by atoms with Crippen molar-refractivity contribution in [3.63, 3.8) is 0 Å². The molecule has 76 valence electrons. The molecule has 0 spiro atoms. The van der Waals surface area contributed by atoms with Gasteiger partial charge in [0.1, 0.15) is 7.44 Å². The van der Waals surface area contributed by atoms with Gasteiger partial charge in [-0.3, -0.25) is 0 Å². The van der Waals surface area contributed by atoms with Gasteiger partial charge in [-0.1, -0.05) is 0 Å². The molecule has 1 atom stereocenters. The monoisotopic (exact) mass is 282 g/mol. The molecule has 0 saturated carbocycles. The summed E-state index contributed by atoms with van der Waals surface area (Å²) in [6.07, 6.45) is 0. The molecule has 0 aliphatic carbocycles. The van der Waals surface area contributed by atoms with Crippen molar-refractivity contribution in [2.75, 3.05) is 0 Å². The Labute approximate surface area is 117 Å². The van der Waals surface area contributed by atoms with Crippen LogP contribution in [0.2, 0.25) is 19.6 Å². The standard InChI is InChI=1S/C3H9B7O3Si4/c1-14(2,12-16(5,6)7)11-15(3,4)13-17(8,9)10/h1-3H3. The second kappa shape index (κ2) is 5.68. The highest BCUT2D eigenvalue weighted by atomic mass is 28.5. The lowest BCUT2D eigenvalue weighted by atomic mass is 10.6. The van der Waals surface area contributed by atoms with E-state index >= 15 is 0 Å². The van der Waals surface area contributed by atoms with Crippen molar-refractivity contribution >= 4 is 84.9 Å². The van der Waals surface area contributed by atoms with Gasteiger partial charge >= 0.3 is 8.56 Å². The molecule has 17 heavy (non-hydrogen) atoms. The minimum atomic E-state index is -3.26. The molecular formula is C3H9B7O3Si4. The molecule has 0 aliphatic rings. The third-order valence-corrected chi connectivity index (χ3v) is 11.3. The van der Waals surface area contributed by atoms with Crippen molar-refractivity contribution in [3.05, 3.63) is 0 Å². The van der Waals surface area contributed by atoms with E-state index in [0.717, 1.165) is 0 Å². The Morgan fingerprint density at radius 1 is 0.588 bits per heavy atom. The first-order valence-electron chi connectivity index (χ1n) is 4.75. The number of hydrogen-bond donors (Lipinski definition) is 0. The van der Waals surface area contributed by atoms with Crippen LogP contribution in [0, 0.1) is 0 Å². The van der Waals surface area contributed by atoms with Crippen LogP contribution >= 0.6 is 0 Å². The lowest BCUT2D eigenvalue weighted by Crippen LogP contribution is -2.62. The van der Waals surface area contributed by atoms with Crippen molar-refractivity contribution in [1.82, 2.24) is 0 Å². The Balaban J connectivity index is 4.59. The highest BCUT2D eigenvalue weighted by Gasteiger charge is 2.39. The average molecular weight is 281 g/mol. The molecule has 1 unspecified atom stereocenters. The summed E-state index contributed by atoms with van der Waals surface area (Å²) in [4.78, 5) is 0. The minimum Gasteiger partial charge on any atom is -0.465 e. The Kier molecular flexibility index (Phi) is 6.08. The molecule has 0 bridgehead atoms. The van der Waals surface area contributed by atoms with Crippen LogP contribution in [-0.2, 0) is 12.3 Å². The quantitative estimate of drug-likeness (QED) is 0.498. The minimum absolute atomic E-state index is 1.55. The highest BCUT2D eigenvalue weighted by Crippen LogP contribution is 2.17. The molecule has 0 aromatic carbocycles. The molecule has 3 nitrogen and oxygen atoms in total. The van der Waals surface area contributed by atoms with Crippen LogP contribution in [0.1, 0.15) is 0 Å². The van der Waals surface area contributed by atoms with E-state index in [2.05, 4.69) is 0 Å². The van der Waals surface area contributed by atoms with Gasteiger partial charge in [-0.05, 0) is 19.6 Å². The number of rotatable bonds is 6. The van der Waals surface area contributed by atoms with E-state index in [0.29, 0.717) is 0 Å². The van der Waals surface area contributed by atoms with Crippen molar-refractivity contribution in [2.45, 2.75) is 19.6 Å². The third-order valence-electron chi connectivity index (χ3n) is 1.25. The zero-order chi connectivity index (χ0) is 14.1. The van der Waals surface area contributed by atoms with Gasteiger partial charge in [-0.2, -0.15) is 0 Å². The lowest BCUT2D eigenvalue weighted by Gasteiger charge is -2.41. The predicted molar refractivity (Wildman–Crippen MR) is 84.1 cm³/mol. The van der Waals surface area contributed by atoms with Gasteiger partial charge in [0.15, 0.2) is 0 Å². The first kappa shape index (κ1) is 18.2. The van der Waals surface area contributed by atoms with Crippen molar-refractivity contribution in [3.8, 4) is 0 Å². The maximum Gasteiger partial charge on any atom is 0.310 e. The molecule has 0 aromatic rings. The van der Waals surface area contributed by atoms with E-state index in [1.165, 1.54) is 0 Å². The van der Waals surface area contributed by atoms with E-state index < -0.39 is 32.8 Å². The molecule has 0 aromatic heterocycles. The van der Waals surface area contributed by atoms with E-state index in [1.54, 1.807) is 19.6 Å². The van der Waals surface area contributed by atoms with E-state index in [1.807, 2.05) is 0 Å². The molecule has 0 saturated heterocycles. The SMILES string of the molecule is [B][Si]([B])([B])O[Si]([B])(C)O[Si](C)(C)O[Si]([B])([B])[B]. The topological polar surface area (TPSA) is 27.7 Å². The lowest BCUT2D eigenvalue weighted by molar-refractivity contribution is 0.358. The third kappa shape index (κ3) is 10.8. The van der Waals surface area contributed by atoms with Gasteiger partial charge in [-0.25, -0.2) is 0 Å². The van der Waals surface area contributed by atoms with Crippen LogP contribution in [0.5, 0.6) is 0 Å². The van der Waals surface area contributed by atoms with E-state index in [9.17, 15) is 0 Å². The van der Waals surface area contributed by atoms with E-state index in [4.69, 9.17) is 64.4 Å². The fourth-order valence-corrected chi connectivity index (χ4v) is 12.5. The van der Waals surface area contributed by atoms with Crippen LogP contribution in [0.15, 0.2) is 0 Å². The molecule has 0 amide bonds. The molecule has 0 rings (SSSR count). The fraction of sp³-hybridized carbons (Fsp3) is 1.00. The zero-order valence-electron chi connectivity index (χ0n) is 10.3. The molecule has 0 aliphatic heterocycles. The van der Waals surface area contributed by atoms with Crippen LogP contribution in [0.4, 0.5) is 0 Å². The predicted octanol–water partition coefficient (Wildman–Crippen LogP) is -2.64. The Bertz CT molecular complexity index is 236. The Morgan fingerprint density at radius 3 is 1.24 bits per heavy atom. The summed E-state index contributed by atoms with van der Waals surface area (Å²) in [5, 5.41) is 0. The van der Waals surface area contributed by atoms with Gasteiger partial charge in [0, 0.05) is 15.9 Å². The Morgan fingerprint density at radius 2 is 0.941 bits per heavy atom. The van der Waals surface area contributed by atoms with Crippen LogP contribution < -0.4 is 0 Å². The van der Waals surface area contributed by atoms with Gasteiger partial charge in [0.2, 0.25) is 0 Å². The Hall–Kier alpha value is 1.20. The van der Waals surface area contributed by atoms with E-state index in [-0.39, 0.29) is 0 Å². The highest BCUT2D eigenvalue weighted by molar-refractivity contribution is 7.59. The summed E-state index contributed by atoms with van der Waals surface area (Å²) in [5.74, 6) is 0. The molecule has 14 radical (unpaired) electrons. The summed E-state index contributed by atoms with van der Waals surface area (Å²) >= 11 is 0.